The van der Waals surface area contributed by atoms with E-state index in [2.05, 4.69) is 24.2 Å². The van der Waals surface area contributed by atoms with E-state index < -0.39 is 0 Å². The van der Waals surface area contributed by atoms with Gasteiger partial charge in [0.1, 0.15) is 6.54 Å². The molecule has 154 valence electrons. The van der Waals surface area contributed by atoms with Crippen LogP contribution in [0, 0.1) is 0 Å². The Balaban J connectivity index is 1.35. The molecule has 2 fully saturated rings. The number of carbonyl (C=O) groups excluding carboxylic acids is 2. The number of piperazine rings is 1. The highest BCUT2D eigenvalue weighted by molar-refractivity contribution is 5.95. The van der Waals surface area contributed by atoms with Crippen LogP contribution in [0.25, 0.3) is 0 Å². The van der Waals surface area contributed by atoms with Crippen LogP contribution in [0.4, 0.5) is 0 Å². The Labute approximate surface area is 171 Å². The van der Waals surface area contributed by atoms with Crippen molar-refractivity contribution < 1.29 is 14.1 Å². The van der Waals surface area contributed by atoms with E-state index in [1.54, 1.807) is 11.0 Å². The highest BCUT2D eigenvalue weighted by Gasteiger charge is 2.33. The molecule has 6 heteroatoms. The minimum Gasteiger partial charge on any atom is -0.351 e. The number of amides is 2. The van der Waals surface area contributed by atoms with Crippen molar-refractivity contribution in [3.8, 4) is 0 Å². The minimum absolute atomic E-state index is 0.0499. The third-order valence-corrected chi connectivity index (χ3v) is 6.21. The quantitative estimate of drug-likeness (QED) is 0.775. The van der Waals surface area contributed by atoms with Crippen molar-refractivity contribution in [3.63, 3.8) is 0 Å². The van der Waals surface area contributed by atoms with Gasteiger partial charge in [-0.15, -0.1) is 0 Å². The Morgan fingerprint density at radius 2 is 1.93 bits per heavy atom. The van der Waals surface area contributed by atoms with Gasteiger partial charge in [-0.2, -0.15) is 0 Å². The molecule has 1 saturated heterocycles. The van der Waals surface area contributed by atoms with Crippen LogP contribution in [0.3, 0.4) is 0 Å². The molecule has 1 aliphatic carbocycles. The number of benzene rings is 1. The summed E-state index contributed by atoms with van der Waals surface area (Å²) >= 11 is 0. The maximum Gasteiger partial charge on any atom is 0.293 e. The van der Waals surface area contributed by atoms with E-state index >= 15 is 0 Å². The van der Waals surface area contributed by atoms with E-state index in [1.807, 2.05) is 23.1 Å². The molecule has 0 N–H and O–H groups in total. The molecule has 2 aliphatic rings. The Bertz CT molecular complexity index is 842. The predicted molar refractivity (Wildman–Crippen MR) is 110 cm³/mol. The van der Waals surface area contributed by atoms with Gasteiger partial charge in [0.05, 0.1) is 5.69 Å². The van der Waals surface area contributed by atoms with Crippen molar-refractivity contribution in [2.75, 3.05) is 19.6 Å². The van der Waals surface area contributed by atoms with Crippen LogP contribution >= 0.6 is 0 Å². The molecule has 1 unspecified atom stereocenters. The van der Waals surface area contributed by atoms with Crippen molar-refractivity contribution in [2.24, 2.45) is 0 Å². The second-order valence-electron chi connectivity index (χ2n) is 8.30. The summed E-state index contributed by atoms with van der Waals surface area (Å²) in [5.41, 5.74) is 1.99. The molecule has 1 aromatic carbocycles. The lowest BCUT2D eigenvalue weighted by molar-refractivity contribution is -0.138. The fourth-order valence-corrected chi connectivity index (χ4v) is 4.52. The zero-order valence-corrected chi connectivity index (χ0v) is 17.0. The Morgan fingerprint density at radius 1 is 1.17 bits per heavy atom. The second-order valence-corrected chi connectivity index (χ2v) is 8.30. The SMILES string of the molecule is CC(Cc1cc(C(=O)N2CCN(C3CCCCC3)C(=O)C2)on1)c1ccccc1. The van der Waals surface area contributed by atoms with Crippen molar-refractivity contribution in [2.45, 2.75) is 57.4 Å². The van der Waals surface area contributed by atoms with Crippen LogP contribution in [0.15, 0.2) is 40.9 Å². The number of nitrogens with zero attached hydrogens (tertiary/aromatic N) is 3. The molecule has 1 aromatic heterocycles. The summed E-state index contributed by atoms with van der Waals surface area (Å²) in [5, 5.41) is 4.09. The molecule has 0 spiro atoms. The topological polar surface area (TPSA) is 66.7 Å². The van der Waals surface area contributed by atoms with E-state index in [-0.39, 0.29) is 30.0 Å². The lowest BCUT2D eigenvalue weighted by Gasteiger charge is -2.40. The summed E-state index contributed by atoms with van der Waals surface area (Å²) in [6.45, 7) is 3.43. The lowest BCUT2D eigenvalue weighted by Crippen LogP contribution is -2.55. The molecule has 0 radical (unpaired) electrons. The van der Waals surface area contributed by atoms with Crippen molar-refractivity contribution in [1.29, 1.82) is 0 Å². The number of hydrogen-bond donors (Lipinski definition) is 0. The minimum atomic E-state index is -0.243. The first-order valence-corrected chi connectivity index (χ1v) is 10.7. The molecule has 0 bridgehead atoms. The van der Waals surface area contributed by atoms with Crippen LogP contribution in [0.2, 0.25) is 0 Å². The average Bonchev–Trinajstić information content (AvgIpc) is 3.23. The van der Waals surface area contributed by atoms with E-state index in [0.29, 0.717) is 25.6 Å². The smallest absolute Gasteiger partial charge is 0.293 e. The summed E-state index contributed by atoms with van der Waals surface area (Å²) < 4.78 is 5.33. The standard InChI is InChI=1S/C23H29N3O3/c1-17(18-8-4-2-5-9-18)14-19-15-21(29-24-19)23(28)25-12-13-26(22(27)16-25)20-10-6-3-7-11-20/h2,4-5,8-9,15,17,20H,3,6-7,10-14,16H2,1H3. The molecule has 2 heterocycles. The Morgan fingerprint density at radius 3 is 2.66 bits per heavy atom. The largest absolute Gasteiger partial charge is 0.351 e. The molecule has 29 heavy (non-hydrogen) atoms. The van der Waals surface area contributed by atoms with Gasteiger partial charge in [-0.3, -0.25) is 9.59 Å². The van der Waals surface area contributed by atoms with Crippen molar-refractivity contribution in [1.82, 2.24) is 15.0 Å². The molecule has 6 nitrogen and oxygen atoms in total. The van der Waals surface area contributed by atoms with Gasteiger partial charge in [-0.25, -0.2) is 0 Å². The van der Waals surface area contributed by atoms with Crippen LogP contribution in [-0.2, 0) is 11.2 Å². The zero-order valence-electron chi connectivity index (χ0n) is 17.0. The maximum atomic E-state index is 12.8. The molecular weight excluding hydrogens is 366 g/mol. The molecule has 2 amide bonds. The fourth-order valence-electron chi connectivity index (χ4n) is 4.52. The number of carbonyl (C=O) groups is 2. The average molecular weight is 396 g/mol. The number of hydrogen-bond acceptors (Lipinski definition) is 4. The van der Waals surface area contributed by atoms with E-state index in [0.717, 1.165) is 18.5 Å². The van der Waals surface area contributed by atoms with Gasteiger partial charge >= 0.3 is 0 Å². The highest BCUT2D eigenvalue weighted by atomic mass is 16.5. The Hall–Kier alpha value is -2.63. The molecule has 1 atom stereocenters. The normalized spacial score (nSPS) is 19.4. The van der Waals surface area contributed by atoms with E-state index in [9.17, 15) is 9.59 Å². The van der Waals surface area contributed by atoms with Gasteiger partial charge < -0.3 is 14.3 Å². The summed E-state index contributed by atoms with van der Waals surface area (Å²) in [4.78, 5) is 29.0. The van der Waals surface area contributed by atoms with Gasteiger partial charge in [0, 0.05) is 25.2 Å². The molecular formula is C23H29N3O3. The van der Waals surface area contributed by atoms with Crippen LogP contribution in [-0.4, -0.2) is 52.4 Å². The molecule has 1 aliphatic heterocycles. The van der Waals surface area contributed by atoms with Gasteiger partial charge in [0.2, 0.25) is 11.7 Å². The van der Waals surface area contributed by atoms with Crippen molar-refractivity contribution in [3.05, 3.63) is 53.4 Å². The van der Waals surface area contributed by atoms with Gasteiger partial charge in [0.15, 0.2) is 0 Å². The monoisotopic (exact) mass is 395 g/mol. The first kappa shape index (κ1) is 19.7. The number of aromatic nitrogens is 1. The summed E-state index contributed by atoms with van der Waals surface area (Å²) in [6.07, 6.45) is 6.53. The lowest BCUT2D eigenvalue weighted by atomic mass is 9.93. The van der Waals surface area contributed by atoms with Crippen LogP contribution in [0.1, 0.15) is 66.8 Å². The van der Waals surface area contributed by atoms with Crippen molar-refractivity contribution >= 4 is 11.8 Å². The molecule has 1 saturated carbocycles. The summed E-state index contributed by atoms with van der Waals surface area (Å²) in [6, 6.07) is 12.3. The number of rotatable bonds is 5. The highest BCUT2D eigenvalue weighted by Crippen LogP contribution is 2.25. The van der Waals surface area contributed by atoms with Crippen LogP contribution in [0.5, 0.6) is 0 Å². The maximum absolute atomic E-state index is 12.8. The predicted octanol–water partition coefficient (Wildman–Crippen LogP) is 3.64. The van der Waals surface area contributed by atoms with E-state index in [4.69, 9.17) is 4.52 Å². The Kier molecular flexibility index (Phi) is 5.97. The van der Waals surface area contributed by atoms with Crippen LogP contribution < -0.4 is 0 Å². The second kappa shape index (κ2) is 8.80. The third kappa shape index (κ3) is 4.52. The molecule has 4 rings (SSSR count). The van der Waals surface area contributed by atoms with E-state index in [1.165, 1.54) is 24.8 Å². The summed E-state index contributed by atoms with van der Waals surface area (Å²) in [7, 11) is 0. The van der Waals surface area contributed by atoms with Gasteiger partial charge in [-0.05, 0) is 30.7 Å². The molecule has 2 aromatic rings. The third-order valence-electron chi connectivity index (χ3n) is 6.21. The zero-order chi connectivity index (χ0) is 20.2. The first-order valence-electron chi connectivity index (χ1n) is 10.7. The van der Waals surface area contributed by atoms with Gasteiger partial charge in [-0.1, -0.05) is 61.7 Å². The fraction of sp³-hybridized carbons (Fsp3) is 0.522. The summed E-state index contributed by atoms with van der Waals surface area (Å²) in [5.74, 6) is 0.311. The van der Waals surface area contributed by atoms with Gasteiger partial charge in [0.25, 0.3) is 5.91 Å². The first-order chi connectivity index (χ1) is 14.1.